The van der Waals surface area contributed by atoms with Crippen molar-refractivity contribution in [2.45, 2.75) is 52.2 Å². The molecule has 1 unspecified atom stereocenters. The van der Waals surface area contributed by atoms with Crippen molar-refractivity contribution < 1.29 is 4.52 Å². The highest BCUT2D eigenvalue weighted by Gasteiger charge is 2.23. The summed E-state index contributed by atoms with van der Waals surface area (Å²) in [4.78, 5) is 14.9. The summed E-state index contributed by atoms with van der Waals surface area (Å²) in [7, 11) is 0. The van der Waals surface area contributed by atoms with E-state index in [4.69, 9.17) is 4.52 Å². The van der Waals surface area contributed by atoms with Crippen LogP contribution in [0.25, 0.3) is 0 Å². The summed E-state index contributed by atoms with van der Waals surface area (Å²) in [6.07, 6.45) is 5.67. The average molecular weight is 335 g/mol. The maximum atomic E-state index is 5.10. The van der Waals surface area contributed by atoms with E-state index >= 15 is 0 Å². The molecule has 0 radical (unpaired) electrons. The van der Waals surface area contributed by atoms with Gasteiger partial charge in [0.1, 0.15) is 0 Å². The van der Waals surface area contributed by atoms with E-state index < -0.39 is 0 Å². The van der Waals surface area contributed by atoms with Gasteiger partial charge in [-0.3, -0.25) is 14.8 Å². The van der Waals surface area contributed by atoms with Gasteiger partial charge in [0.25, 0.3) is 0 Å². The van der Waals surface area contributed by atoms with E-state index in [0.717, 1.165) is 32.0 Å². The summed E-state index contributed by atoms with van der Waals surface area (Å²) in [6.45, 7) is 9.22. The topological polar surface area (TPSA) is 58.3 Å². The zero-order chi connectivity index (χ0) is 16.1. The first kappa shape index (κ1) is 16.5. The molecule has 0 amide bonds. The Kier molecular flexibility index (Phi) is 5.75. The monoisotopic (exact) mass is 335 g/mol. The van der Waals surface area contributed by atoms with Crippen LogP contribution < -0.4 is 0 Å². The maximum absolute atomic E-state index is 5.10. The van der Waals surface area contributed by atoms with E-state index in [0.29, 0.717) is 11.9 Å². The molecule has 0 bridgehead atoms. The lowest BCUT2D eigenvalue weighted by Crippen LogP contribution is -2.36. The predicted molar refractivity (Wildman–Crippen MR) is 90.1 cm³/mol. The highest BCUT2D eigenvalue weighted by molar-refractivity contribution is 7.09. The van der Waals surface area contributed by atoms with Crippen molar-refractivity contribution in [1.29, 1.82) is 0 Å². The number of aromatic nitrogens is 3. The van der Waals surface area contributed by atoms with E-state index in [1.54, 1.807) is 11.3 Å². The first-order chi connectivity index (χ1) is 11.2. The van der Waals surface area contributed by atoms with Crippen molar-refractivity contribution in [1.82, 2.24) is 24.9 Å². The minimum Gasteiger partial charge on any atom is -0.340 e. The summed E-state index contributed by atoms with van der Waals surface area (Å²) in [5, 5.41) is 4.04. The highest BCUT2D eigenvalue weighted by atomic mass is 32.1. The van der Waals surface area contributed by atoms with Crippen LogP contribution in [0.3, 0.4) is 0 Å². The molecule has 2 aromatic heterocycles. The molecule has 0 saturated carbocycles. The van der Waals surface area contributed by atoms with Gasteiger partial charge in [0.2, 0.25) is 5.89 Å². The lowest BCUT2D eigenvalue weighted by Gasteiger charge is -2.28. The van der Waals surface area contributed by atoms with Gasteiger partial charge in [0, 0.05) is 37.1 Å². The Morgan fingerprint density at radius 1 is 1.39 bits per heavy atom. The zero-order valence-electron chi connectivity index (χ0n) is 13.9. The molecular weight excluding hydrogens is 310 g/mol. The van der Waals surface area contributed by atoms with Crippen molar-refractivity contribution in [3.63, 3.8) is 0 Å². The molecule has 3 heterocycles. The molecule has 126 valence electrons. The van der Waals surface area contributed by atoms with Gasteiger partial charge in [-0.25, -0.2) is 0 Å². The predicted octanol–water partition coefficient (Wildman–Crippen LogP) is 2.71. The van der Waals surface area contributed by atoms with Crippen molar-refractivity contribution >= 4 is 11.3 Å². The Bertz CT molecular complexity index is 585. The third kappa shape index (κ3) is 4.59. The molecule has 7 heteroatoms. The minimum atomic E-state index is 0.602. The molecule has 2 aromatic rings. The molecule has 1 atom stereocenters. The number of thiazole rings is 1. The van der Waals surface area contributed by atoms with Crippen LogP contribution in [0.15, 0.2) is 16.2 Å². The fourth-order valence-electron chi connectivity index (χ4n) is 3.29. The Morgan fingerprint density at radius 2 is 2.30 bits per heavy atom. The van der Waals surface area contributed by atoms with Crippen LogP contribution in [-0.4, -0.2) is 50.6 Å². The Balaban J connectivity index is 1.55. The molecular formula is C16H25N5OS. The van der Waals surface area contributed by atoms with E-state index in [-0.39, 0.29) is 0 Å². The van der Waals surface area contributed by atoms with E-state index in [2.05, 4.69) is 31.8 Å². The quantitative estimate of drug-likeness (QED) is 0.809. The van der Waals surface area contributed by atoms with Crippen LogP contribution in [0.4, 0.5) is 0 Å². The SMILES string of the molecule is CCN(Cc1noc(C)n1)C1CCCN(Cc2cncs2)CC1. The number of likely N-dealkylation sites (tertiary alicyclic amines) is 1. The third-order valence-corrected chi connectivity index (χ3v) is 5.25. The van der Waals surface area contributed by atoms with Gasteiger partial charge in [-0.2, -0.15) is 4.98 Å². The number of nitrogens with zero attached hydrogens (tertiary/aromatic N) is 5. The van der Waals surface area contributed by atoms with Gasteiger partial charge in [-0.15, -0.1) is 11.3 Å². The first-order valence-electron chi connectivity index (χ1n) is 8.37. The molecule has 0 aromatic carbocycles. The molecule has 23 heavy (non-hydrogen) atoms. The molecule has 1 aliphatic rings. The third-order valence-electron chi connectivity index (χ3n) is 4.49. The van der Waals surface area contributed by atoms with Crippen LogP contribution in [0, 0.1) is 6.92 Å². The molecule has 1 aliphatic heterocycles. The van der Waals surface area contributed by atoms with Crippen molar-refractivity contribution in [3.8, 4) is 0 Å². The minimum absolute atomic E-state index is 0.602. The lowest BCUT2D eigenvalue weighted by molar-refractivity contribution is 0.170. The van der Waals surface area contributed by atoms with Crippen LogP contribution in [0.1, 0.15) is 42.8 Å². The van der Waals surface area contributed by atoms with Gasteiger partial charge in [0.15, 0.2) is 5.82 Å². The molecule has 0 N–H and O–H groups in total. The second kappa shape index (κ2) is 7.99. The Hall–Kier alpha value is -1.31. The molecule has 3 rings (SSSR count). The molecule has 0 spiro atoms. The fraction of sp³-hybridized carbons (Fsp3) is 0.688. The van der Waals surface area contributed by atoms with E-state index in [9.17, 15) is 0 Å². The summed E-state index contributed by atoms with van der Waals surface area (Å²) in [5.41, 5.74) is 1.92. The zero-order valence-corrected chi connectivity index (χ0v) is 14.8. The molecule has 1 fully saturated rings. The maximum Gasteiger partial charge on any atom is 0.223 e. The standard InChI is InChI=1S/C16H25N5OS/c1-3-21(11-16-18-13(2)22-19-16)14-5-4-7-20(8-6-14)10-15-9-17-12-23-15/h9,12,14H,3-8,10-11H2,1-2H3. The van der Waals surface area contributed by atoms with Crippen LogP contribution in [0.5, 0.6) is 0 Å². The van der Waals surface area contributed by atoms with Crippen LogP contribution in [-0.2, 0) is 13.1 Å². The number of rotatable bonds is 6. The summed E-state index contributed by atoms with van der Waals surface area (Å²) in [6, 6.07) is 0.602. The number of hydrogen-bond acceptors (Lipinski definition) is 7. The largest absolute Gasteiger partial charge is 0.340 e. The fourth-order valence-corrected chi connectivity index (χ4v) is 3.92. The van der Waals surface area contributed by atoms with Gasteiger partial charge >= 0.3 is 0 Å². The summed E-state index contributed by atoms with van der Waals surface area (Å²) >= 11 is 1.75. The number of aryl methyl sites for hydroxylation is 1. The average Bonchev–Trinajstić information content (AvgIpc) is 3.14. The van der Waals surface area contributed by atoms with Gasteiger partial charge < -0.3 is 4.52 Å². The Labute approximate surface area is 141 Å². The van der Waals surface area contributed by atoms with Gasteiger partial charge in [-0.05, 0) is 32.4 Å². The van der Waals surface area contributed by atoms with E-state index in [1.165, 1.54) is 30.7 Å². The second-order valence-corrected chi connectivity index (χ2v) is 7.09. The van der Waals surface area contributed by atoms with Gasteiger partial charge in [0.05, 0.1) is 12.1 Å². The number of hydrogen-bond donors (Lipinski definition) is 0. The normalized spacial score (nSPS) is 20.0. The van der Waals surface area contributed by atoms with Crippen LogP contribution in [0.2, 0.25) is 0 Å². The Morgan fingerprint density at radius 3 is 3.00 bits per heavy atom. The smallest absolute Gasteiger partial charge is 0.223 e. The molecule has 1 saturated heterocycles. The van der Waals surface area contributed by atoms with Crippen LogP contribution >= 0.6 is 11.3 Å². The molecule has 0 aliphatic carbocycles. The van der Waals surface area contributed by atoms with Gasteiger partial charge in [-0.1, -0.05) is 12.1 Å². The summed E-state index contributed by atoms with van der Waals surface area (Å²) in [5.74, 6) is 1.45. The van der Waals surface area contributed by atoms with Crippen molar-refractivity contribution in [2.75, 3.05) is 19.6 Å². The first-order valence-corrected chi connectivity index (χ1v) is 9.25. The van der Waals surface area contributed by atoms with Crippen molar-refractivity contribution in [2.24, 2.45) is 0 Å². The van der Waals surface area contributed by atoms with E-state index in [1.807, 2.05) is 18.6 Å². The lowest BCUT2D eigenvalue weighted by atomic mass is 10.1. The second-order valence-electron chi connectivity index (χ2n) is 6.12. The molecule has 6 nitrogen and oxygen atoms in total. The highest BCUT2D eigenvalue weighted by Crippen LogP contribution is 2.20. The van der Waals surface area contributed by atoms with Crippen molar-refractivity contribution in [3.05, 3.63) is 28.3 Å². The summed E-state index contributed by atoms with van der Waals surface area (Å²) < 4.78 is 5.10.